The van der Waals surface area contributed by atoms with E-state index in [1.165, 1.54) is 30.5 Å². The maximum Gasteiger partial charge on any atom is 0.387 e. The number of nitrogens with one attached hydrogen (secondary N) is 1. The van der Waals surface area contributed by atoms with E-state index in [9.17, 15) is 13.6 Å². The first-order valence-electron chi connectivity index (χ1n) is 7.59. The molecule has 2 aromatic rings. The summed E-state index contributed by atoms with van der Waals surface area (Å²) in [7, 11) is 0. The van der Waals surface area contributed by atoms with Crippen molar-refractivity contribution in [2.75, 3.05) is 0 Å². The number of hydrogen-bond donors (Lipinski definition) is 1. The fraction of sp³-hybridized carbons (Fsp3) is 0.222. The van der Waals surface area contributed by atoms with Gasteiger partial charge in [-0.25, -0.2) is 5.43 Å². The van der Waals surface area contributed by atoms with Gasteiger partial charge in [0.2, 0.25) is 0 Å². The Balaban J connectivity index is 1.91. The van der Waals surface area contributed by atoms with Gasteiger partial charge in [0.15, 0.2) is 5.60 Å². The van der Waals surface area contributed by atoms with Crippen molar-refractivity contribution in [2.24, 2.45) is 5.10 Å². The van der Waals surface area contributed by atoms with Crippen LogP contribution in [0.25, 0.3) is 0 Å². The number of hydrazone groups is 1. The van der Waals surface area contributed by atoms with E-state index in [0.717, 1.165) is 0 Å². The highest BCUT2D eigenvalue weighted by Crippen LogP contribution is 2.21. The van der Waals surface area contributed by atoms with Crippen LogP contribution >= 0.6 is 11.6 Å². The first-order valence-corrected chi connectivity index (χ1v) is 7.97. The van der Waals surface area contributed by atoms with Gasteiger partial charge in [0.25, 0.3) is 5.91 Å². The molecule has 1 amide bonds. The fourth-order valence-corrected chi connectivity index (χ4v) is 2.00. The smallest absolute Gasteiger partial charge is 0.387 e. The zero-order valence-corrected chi connectivity index (χ0v) is 14.8. The van der Waals surface area contributed by atoms with Gasteiger partial charge in [-0.3, -0.25) is 4.79 Å². The monoisotopic (exact) mass is 382 g/mol. The average molecular weight is 383 g/mol. The highest BCUT2D eigenvalue weighted by atomic mass is 35.5. The molecule has 0 bridgehead atoms. The largest absolute Gasteiger partial charge is 0.478 e. The van der Waals surface area contributed by atoms with Crippen LogP contribution in [0.15, 0.2) is 53.6 Å². The van der Waals surface area contributed by atoms with E-state index in [-0.39, 0.29) is 5.75 Å². The van der Waals surface area contributed by atoms with E-state index in [1.807, 2.05) is 0 Å². The first-order chi connectivity index (χ1) is 12.3. The third kappa shape index (κ3) is 6.00. The summed E-state index contributed by atoms with van der Waals surface area (Å²) in [6.45, 7) is 0.322. The number of alkyl halides is 2. The molecule has 0 aromatic heterocycles. The van der Waals surface area contributed by atoms with Gasteiger partial charge >= 0.3 is 6.61 Å². The standard InChI is InChI=1S/C18H17ClF2N2O3/c1-18(2,26-15-9-5-13(19)6-10-15)16(24)23-22-11-12-3-7-14(8-4-12)25-17(20)21/h3-11,17H,1-2H3,(H,23,24)/b22-11+. The molecule has 0 saturated carbocycles. The summed E-state index contributed by atoms with van der Waals surface area (Å²) in [5.74, 6) is 0.0770. The van der Waals surface area contributed by atoms with Crippen molar-refractivity contribution in [1.29, 1.82) is 0 Å². The second-order valence-electron chi connectivity index (χ2n) is 5.71. The molecule has 0 fully saturated rings. The molecule has 1 N–H and O–H groups in total. The van der Waals surface area contributed by atoms with Gasteiger partial charge in [-0.05, 0) is 67.9 Å². The lowest BCUT2D eigenvalue weighted by Crippen LogP contribution is -2.44. The molecule has 0 heterocycles. The molecule has 8 heteroatoms. The minimum Gasteiger partial charge on any atom is -0.478 e. The van der Waals surface area contributed by atoms with Crippen LogP contribution in [-0.2, 0) is 4.79 Å². The average Bonchev–Trinajstić information content (AvgIpc) is 2.58. The fourth-order valence-electron chi connectivity index (χ4n) is 1.88. The van der Waals surface area contributed by atoms with E-state index in [0.29, 0.717) is 16.3 Å². The van der Waals surface area contributed by atoms with Crippen LogP contribution in [0.5, 0.6) is 11.5 Å². The quantitative estimate of drug-likeness (QED) is 0.575. The number of ether oxygens (including phenoxy) is 2. The summed E-state index contributed by atoms with van der Waals surface area (Å²) in [5, 5.41) is 4.40. The minimum absolute atomic E-state index is 0.0404. The Morgan fingerprint density at radius 3 is 2.27 bits per heavy atom. The normalized spacial score (nSPS) is 11.6. The SMILES string of the molecule is CC(C)(Oc1ccc(Cl)cc1)C(=O)N/N=C/c1ccc(OC(F)F)cc1. The van der Waals surface area contributed by atoms with Crippen LogP contribution < -0.4 is 14.9 Å². The van der Waals surface area contributed by atoms with Crippen LogP contribution in [0.4, 0.5) is 8.78 Å². The van der Waals surface area contributed by atoms with E-state index in [2.05, 4.69) is 15.3 Å². The minimum atomic E-state index is -2.88. The predicted molar refractivity (Wildman–Crippen MR) is 95.0 cm³/mol. The number of hydrogen-bond acceptors (Lipinski definition) is 4. The highest BCUT2D eigenvalue weighted by molar-refractivity contribution is 6.30. The molecule has 0 spiro atoms. The number of rotatable bonds is 7. The lowest BCUT2D eigenvalue weighted by atomic mass is 10.1. The van der Waals surface area contributed by atoms with Crippen molar-refractivity contribution in [3.8, 4) is 11.5 Å². The molecule has 0 aliphatic heterocycles. The van der Waals surface area contributed by atoms with E-state index >= 15 is 0 Å². The molecule has 0 atom stereocenters. The zero-order chi connectivity index (χ0) is 19.2. The maximum absolute atomic E-state index is 12.2. The van der Waals surface area contributed by atoms with Crippen molar-refractivity contribution in [2.45, 2.75) is 26.1 Å². The summed E-state index contributed by atoms with van der Waals surface area (Å²) >= 11 is 5.81. The van der Waals surface area contributed by atoms with Crippen LogP contribution in [0.3, 0.4) is 0 Å². The second-order valence-corrected chi connectivity index (χ2v) is 6.15. The third-order valence-corrected chi connectivity index (χ3v) is 3.47. The lowest BCUT2D eigenvalue weighted by molar-refractivity contribution is -0.134. The van der Waals surface area contributed by atoms with Crippen molar-refractivity contribution in [3.63, 3.8) is 0 Å². The topological polar surface area (TPSA) is 59.9 Å². The van der Waals surface area contributed by atoms with Crippen molar-refractivity contribution in [1.82, 2.24) is 5.43 Å². The van der Waals surface area contributed by atoms with E-state index in [1.54, 1.807) is 38.1 Å². The van der Waals surface area contributed by atoms with Gasteiger partial charge in [0.05, 0.1) is 6.21 Å². The number of halogens is 3. The second kappa shape index (κ2) is 8.62. The summed E-state index contributed by atoms with van der Waals surface area (Å²) in [4.78, 5) is 12.2. The van der Waals surface area contributed by atoms with E-state index < -0.39 is 18.1 Å². The van der Waals surface area contributed by atoms with Crippen molar-refractivity contribution in [3.05, 3.63) is 59.1 Å². The summed E-state index contributed by atoms with van der Waals surface area (Å²) in [6.07, 6.45) is 1.38. The van der Waals surface area contributed by atoms with Gasteiger partial charge < -0.3 is 9.47 Å². The van der Waals surface area contributed by atoms with Gasteiger partial charge in [-0.1, -0.05) is 11.6 Å². The number of benzene rings is 2. The molecule has 0 aliphatic carbocycles. The van der Waals surface area contributed by atoms with Gasteiger partial charge in [-0.15, -0.1) is 0 Å². The molecule has 0 unspecified atom stereocenters. The lowest BCUT2D eigenvalue weighted by Gasteiger charge is -2.24. The highest BCUT2D eigenvalue weighted by Gasteiger charge is 2.29. The van der Waals surface area contributed by atoms with Crippen LogP contribution in [-0.4, -0.2) is 24.3 Å². The van der Waals surface area contributed by atoms with Crippen LogP contribution in [0.1, 0.15) is 19.4 Å². The number of carbonyl (C=O) groups is 1. The molecule has 26 heavy (non-hydrogen) atoms. The van der Waals surface area contributed by atoms with Crippen LogP contribution in [0.2, 0.25) is 5.02 Å². The summed E-state index contributed by atoms with van der Waals surface area (Å²) in [6, 6.07) is 12.4. The predicted octanol–water partition coefficient (Wildman–Crippen LogP) is 4.25. The Bertz CT molecular complexity index is 763. The van der Waals surface area contributed by atoms with Gasteiger partial charge in [-0.2, -0.15) is 13.9 Å². The summed E-state index contributed by atoms with van der Waals surface area (Å²) in [5.41, 5.74) is 1.81. The van der Waals surface area contributed by atoms with Gasteiger partial charge in [0.1, 0.15) is 11.5 Å². The Morgan fingerprint density at radius 2 is 1.69 bits per heavy atom. The first kappa shape index (κ1) is 19.7. The Labute approximate surface area is 154 Å². The maximum atomic E-state index is 12.2. The Morgan fingerprint density at radius 1 is 1.12 bits per heavy atom. The Kier molecular flexibility index (Phi) is 6.52. The molecule has 0 radical (unpaired) electrons. The molecule has 5 nitrogen and oxygen atoms in total. The summed E-state index contributed by atoms with van der Waals surface area (Å²) < 4.78 is 34.1. The third-order valence-electron chi connectivity index (χ3n) is 3.22. The number of amides is 1. The number of carbonyl (C=O) groups excluding carboxylic acids is 1. The molecule has 2 rings (SSSR count). The number of nitrogens with zero attached hydrogens (tertiary/aromatic N) is 1. The Hall–Kier alpha value is -2.67. The zero-order valence-electron chi connectivity index (χ0n) is 14.1. The molecule has 2 aromatic carbocycles. The van der Waals surface area contributed by atoms with Crippen molar-refractivity contribution >= 4 is 23.7 Å². The van der Waals surface area contributed by atoms with E-state index in [4.69, 9.17) is 16.3 Å². The molecule has 0 saturated heterocycles. The van der Waals surface area contributed by atoms with Crippen LogP contribution in [0, 0.1) is 0 Å². The molecular formula is C18H17ClF2N2O3. The molecular weight excluding hydrogens is 366 g/mol. The molecule has 0 aliphatic rings. The van der Waals surface area contributed by atoms with Gasteiger partial charge in [0, 0.05) is 5.02 Å². The van der Waals surface area contributed by atoms with Crippen molar-refractivity contribution < 1.29 is 23.0 Å². The molecule has 138 valence electrons.